The fraction of sp³-hybridized carbons (Fsp3) is 0.235. The number of carbonyl (C=O) groups is 1. The van der Waals surface area contributed by atoms with Crippen LogP contribution in [0.25, 0.3) is 0 Å². The number of amides is 1. The molecule has 2 N–H and O–H groups in total. The van der Waals surface area contributed by atoms with Crippen LogP contribution in [0.2, 0.25) is 0 Å². The Bertz CT molecular complexity index is 842. The highest BCUT2D eigenvalue weighted by Crippen LogP contribution is 2.22. The zero-order valence-corrected chi connectivity index (χ0v) is 14.0. The van der Waals surface area contributed by atoms with E-state index in [1.165, 1.54) is 17.4 Å². The van der Waals surface area contributed by atoms with Crippen LogP contribution in [0.15, 0.2) is 36.5 Å². The topological polar surface area (TPSA) is 70.7 Å². The van der Waals surface area contributed by atoms with Gasteiger partial charge in [0.2, 0.25) is 0 Å². The van der Waals surface area contributed by atoms with Gasteiger partial charge in [-0.3, -0.25) is 15.2 Å². The first kappa shape index (κ1) is 16.3. The van der Waals surface area contributed by atoms with Crippen molar-refractivity contribution in [2.45, 2.75) is 26.2 Å². The van der Waals surface area contributed by atoms with Crippen molar-refractivity contribution < 1.29 is 9.18 Å². The molecule has 0 fully saturated rings. The Labute approximate surface area is 143 Å². The zero-order valence-electron chi connectivity index (χ0n) is 13.2. The first-order valence-electron chi connectivity index (χ1n) is 7.69. The molecule has 0 spiro atoms. The molecule has 0 saturated carbocycles. The molecule has 0 unspecified atom stereocenters. The van der Waals surface area contributed by atoms with Gasteiger partial charge in [0.05, 0.1) is 0 Å². The summed E-state index contributed by atoms with van der Waals surface area (Å²) >= 11 is 1.33. The second-order valence-electron chi connectivity index (χ2n) is 5.38. The quantitative estimate of drug-likeness (QED) is 0.714. The van der Waals surface area contributed by atoms with Crippen LogP contribution in [-0.4, -0.2) is 21.1 Å². The maximum Gasteiger partial charge on any atom is 0.277 e. The Morgan fingerprint density at radius 3 is 3.00 bits per heavy atom. The van der Waals surface area contributed by atoms with Crippen molar-refractivity contribution in [3.63, 3.8) is 0 Å². The molecule has 124 valence electrons. The minimum Gasteiger partial charge on any atom is -0.296 e. The van der Waals surface area contributed by atoms with Crippen LogP contribution in [0.4, 0.5) is 9.52 Å². The van der Waals surface area contributed by atoms with Crippen molar-refractivity contribution in [3.05, 3.63) is 64.2 Å². The van der Waals surface area contributed by atoms with Crippen LogP contribution < -0.4 is 5.32 Å². The van der Waals surface area contributed by atoms with Gasteiger partial charge in [-0.15, -0.1) is 11.3 Å². The first-order valence-corrected chi connectivity index (χ1v) is 8.51. The van der Waals surface area contributed by atoms with Crippen LogP contribution in [0.5, 0.6) is 0 Å². The molecular formula is C17H17FN4OS. The SMILES string of the molecule is CCCc1cc(C(=O)Nc2ncc(Cc3ccccc3F)s2)n[nH]1. The molecule has 0 bridgehead atoms. The largest absolute Gasteiger partial charge is 0.296 e. The van der Waals surface area contributed by atoms with Crippen LogP contribution in [0.3, 0.4) is 0 Å². The summed E-state index contributed by atoms with van der Waals surface area (Å²) in [5.74, 6) is -0.545. The molecule has 0 radical (unpaired) electrons. The molecule has 7 heteroatoms. The fourth-order valence-corrected chi connectivity index (χ4v) is 3.14. The Hall–Kier alpha value is -2.54. The number of carbonyl (C=O) groups excluding carboxylic acids is 1. The number of hydrogen-bond donors (Lipinski definition) is 2. The number of aryl methyl sites for hydroxylation is 1. The lowest BCUT2D eigenvalue weighted by atomic mass is 10.1. The number of H-pyrrole nitrogens is 1. The first-order chi connectivity index (χ1) is 11.7. The van der Waals surface area contributed by atoms with Crippen LogP contribution >= 0.6 is 11.3 Å². The highest BCUT2D eigenvalue weighted by Gasteiger charge is 2.13. The lowest BCUT2D eigenvalue weighted by molar-refractivity contribution is 0.102. The van der Waals surface area contributed by atoms with Crippen molar-refractivity contribution in [1.29, 1.82) is 0 Å². The van der Waals surface area contributed by atoms with Crippen molar-refractivity contribution >= 4 is 22.4 Å². The third-order valence-corrected chi connectivity index (χ3v) is 4.39. The molecule has 24 heavy (non-hydrogen) atoms. The van der Waals surface area contributed by atoms with E-state index in [0.717, 1.165) is 23.4 Å². The van der Waals surface area contributed by atoms with Crippen molar-refractivity contribution in [1.82, 2.24) is 15.2 Å². The van der Waals surface area contributed by atoms with E-state index in [1.54, 1.807) is 30.5 Å². The molecule has 3 aromatic rings. The van der Waals surface area contributed by atoms with E-state index in [0.29, 0.717) is 22.8 Å². The van der Waals surface area contributed by atoms with Crippen LogP contribution in [0, 0.1) is 5.82 Å². The molecule has 5 nitrogen and oxygen atoms in total. The van der Waals surface area contributed by atoms with Gasteiger partial charge in [-0.2, -0.15) is 5.10 Å². The lowest BCUT2D eigenvalue weighted by Crippen LogP contribution is -2.11. The lowest BCUT2D eigenvalue weighted by Gasteiger charge is -1.99. The zero-order chi connectivity index (χ0) is 16.9. The average molecular weight is 344 g/mol. The normalized spacial score (nSPS) is 10.8. The summed E-state index contributed by atoms with van der Waals surface area (Å²) in [5, 5.41) is 10.1. The standard InChI is InChI=1S/C17H17FN4OS/c1-2-5-12-9-15(22-21-12)16(23)20-17-19-10-13(24-17)8-11-6-3-4-7-14(11)18/h3-4,6-7,9-10H,2,5,8H2,1H3,(H,21,22)(H,19,20,23). The summed E-state index contributed by atoms with van der Waals surface area (Å²) in [6, 6.07) is 8.38. The van der Waals surface area contributed by atoms with Gasteiger partial charge in [-0.1, -0.05) is 31.5 Å². The van der Waals surface area contributed by atoms with Gasteiger partial charge in [-0.25, -0.2) is 9.37 Å². The molecule has 2 heterocycles. The van der Waals surface area contributed by atoms with E-state index in [9.17, 15) is 9.18 Å². The Morgan fingerprint density at radius 2 is 2.21 bits per heavy atom. The van der Waals surface area contributed by atoms with Gasteiger partial charge in [0.1, 0.15) is 5.82 Å². The minimum atomic E-state index is -0.305. The number of hydrogen-bond acceptors (Lipinski definition) is 4. The smallest absolute Gasteiger partial charge is 0.277 e. The van der Waals surface area contributed by atoms with E-state index in [2.05, 4.69) is 27.4 Å². The monoisotopic (exact) mass is 344 g/mol. The molecule has 0 atom stereocenters. The number of aromatic nitrogens is 3. The van der Waals surface area contributed by atoms with Crippen molar-refractivity contribution in [2.75, 3.05) is 5.32 Å². The number of nitrogens with one attached hydrogen (secondary N) is 2. The predicted molar refractivity (Wildman–Crippen MR) is 91.9 cm³/mol. The number of rotatable bonds is 6. The number of thiazole rings is 1. The Kier molecular flexibility index (Phi) is 5.00. The van der Waals surface area contributed by atoms with Crippen LogP contribution in [-0.2, 0) is 12.8 Å². The van der Waals surface area contributed by atoms with Gasteiger partial charge in [-0.05, 0) is 24.1 Å². The molecule has 2 aromatic heterocycles. The van der Waals surface area contributed by atoms with E-state index in [4.69, 9.17) is 0 Å². The highest BCUT2D eigenvalue weighted by molar-refractivity contribution is 7.15. The summed E-state index contributed by atoms with van der Waals surface area (Å²) in [6.07, 6.45) is 3.93. The van der Waals surface area contributed by atoms with Gasteiger partial charge in [0.25, 0.3) is 5.91 Å². The number of anilines is 1. The number of nitrogens with zero attached hydrogens (tertiary/aromatic N) is 2. The summed E-state index contributed by atoms with van der Waals surface area (Å²) in [7, 11) is 0. The predicted octanol–water partition coefficient (Wildman–Crippen LogP) is 3.80. The van der Waals surface area contributed by atoms with Gasteiger partial charge in [0.15, 0.2) is 10.8 Å². The molecule has 1 aromatic carbocycles. The fourth-order valence-electron chi connectivity index (χ4n) is 2.31. The second kappa shape index (κ2) is 7.35. The summed E-state index contributed by atoms with van der Waals surface area (Å²) in [4.78, 5) is 17.2. The molecule has 0 aliphatic rings. The van der Waals surface area contributed by atoms with E-state index >= 15 is 0 Å². The number of halogens is 1. The second-order valence-corrected chi connectivity index (χ2v) is 6.50. The molecule has 1 amide bonds. The van der Waals surface area contributed by atoms with Gasteiger partial charge in [0, 0.05) is 23.2 Å². The minimum absolute atomic E-state index is 0.239. The van der Waals surface area contributed by atoms with Crippen LogP contribution in [0.1, 0.15) is 40.0 Å². The number of benzene rings is 1. The van der Waals surface area contributed by atoms with Crippen molar-refractivity contribution in [3.8, 4) is 0 Å². The molecule has 0 aliphatic carbocycles. The van der Waals surface area contributed by atoms with E-state index in [-0.39, 0.29) is 11.7 Å². The Morgan fingerprint density at radius 1 is 1.38 bits per heavy atom. The molecule has 3 rings (SSSR count). The maximum atomic E-state index is 13.7. The average Bonchev–Trinajstić information content (AvgIpc) is 3.20. The third-order valence-electron chi connectivity index (χ3n) is 3.48. The maximum absolute atomic E-state index is 13.7. The molecule has 0 aliphatic heterocycles. The van der Waals surface area contributed by atoms with E-state index in [1.807, 2.05) is 0 Å². The van der Waals surface area contributed by atoms with Gasteiger partial charge >= 0.3 is 0 Å². The third kappa shape index (κ3) is 3.86. The molecular weight excluding hydrogens is 327 g/mol. The highest BCUT2D eigenvalue weighted by atomic mass is 32.1. The van der Waals surface area contributed by atoms with Gasteiger partial charge < -0.3 is 0 Å². The summed E-state index contributed by atoms with van der Waals surface area (Å²) in [5.41, 5.74) is 1.88. The van der Waals surface area contributed by atoms with E-state index < -0.39 is 0 Å². The van der Waals surface area contributed by atoms with Crippen molar-refractivity contribution in [2.24, 2.45) is 0 Å². The number of aromatic amines is 1. The summed E-state index contributed by atoms with van der Waals surface area (Å²) in [6.45, 7) is 2.06. The summed E-state index contributed by atoms with van der Waals surface area (Å²) < 4.78 is 13.7. The Balaban J connectivity index is 1.65. The molecule has 0 saturated heterocycles.